The van der Waals surface area contributed by atoms with Gasteiger partial charge in [0.1, 0.15) is 5.75 Å². The Balaban J connectivity index is 2.02. The quantitative estimate of drug-likeness (QED) is 0.550. The molecule has 0 amide bonds. The average molecular weight is 327 g/mol. The molecule has 0 radical (unpaired) electrons. The second-order valence-corrected chi connectivity index (χ2v) is 5.79. The molecular formula is C22H17NO2. The summed E-state index contributed by atoms with van der Waals surface area (Å²) in [5.41, 5.74) is 4.29. The summed E-state index contributed by atoms with van der Waals surface area (Å²) in [4.78, 5) is 13.3. The molecule has 0 aromatic heterocycles. The molecule has 1 aliphatic carbocycles. The first-order valence-electron chi connectivity index (χ1n) is 8.13. The highest BCUT2D eigenvalue weighted by molar-refractivity contribution is 5.84. The van der Waals surface area contributed by atoms with E-state index in [-0.39, 0.29) is 5.56 Å². The summed E-state index contributed by atoms with van der Waals surface area (Å²) in [6.07, 6.45) is 0. The minimum absolute atomic E-state index is 0.0161. The molecule has 1 heterocycles. The van der Waals surface area contributed by atoms with Crippen LogP contribution in [0.4, 0.5) is 0 Å². The Hall–Kier alpha value is -3.33. The lowest BCUT2D eigenvalue weighted by Crippen LogP contribution is -2.14. The summed E-state index contributed by atoms with van der Waals surface area (Å²) < 4.78 is 6.99. The number of hydrogen-bond acceptors (Lipinski definition) is 2. The van der Waals surface area contributed by atoms with Crippen molar-refractivity contribution in [2.75, 3.05) is 7.11 Å². The second-order valence-electron chi connectivity index (χ2n) is 5.79. The summed E-state index contributed by atoms with van der Waals surface area (Å²) in [5, 5.41) is 0. The van der Waals surface area contributed by atoms with Crippen LogP contribution in [0.25, 0.3) is 28.1 Å². The van der Waals surface area contributed by atoms with Crippen LogP contribution in [-0.2, 0) is 0 Å². The molecule has 0 saturated heterocycles. The molecular weight excluding hydrogens is 310 g/mol. The third kappa shape index (κ3) is 2.60. The highest BCUT2D eigenvalue weighted by atomic mass is 16.5. The van der Waals surface area contributed by atoms with Gasteiger partial charge in [-0.05, 0) is 35.9 Å². The van der Waals surface area contributed by atoms with Crippen molar-refractivity contribution in [3.05, 3.63) is 95.3 Å². The van der Waals surface area contributed by atoms with Crippen LogP contribution >= 0.6 is 0 Å². The molecule has 2 aromatic rings. The Morgan fingerprint density at radius 3 is 2.08 bits per heavy atom. The van der Waals surface area contributed by atoms with Crippen LogP contribution in [-0.4, -0.2) is 11.7 Å². The van der Waals surface area contributed by atoms with Gasteiger partial charge in [-0.1, -0.05) is 54.6 Å². The molecule has 0 spiro atoms. The molecule has 2 aromatic carbocycles. The fourth-order valence-corrected chi connectivity index (χ4v) is 3.15. The number of benzene rings is 2. The summed E-state index contributed by atoms with van der Waals surface area (Å²) in [7, 11) is 1.63. The predicted molar refractivity (Wildman–Crippen MR) is 101 cm³/mol. The van der Waals surface area contributed by atoms with Crippen molar-refractivity contribution in [2.45, 2.75) is 0 Å². The molecule has 0 atom stereocenters. The maximum absolute atomic E-state index is 13.3. The standard InChI is InChI=1S/C22H17NO2/c1-25-18-14-12-17(13-15-18)23-20-11-7-3-6-10-19(20)21(22(23)24)16-8-4-2-5-9-16/h2-15H,1H3. The van der Waals surface area contributed by atoms with E-state index in [1.807, 2.05) is 84.9 Å². The van der Waals surface area contributed by atoms with Gasteiger partial charge in [0, 0.05) is 11.3 Å². The van der Waals surface area contributed by atoms with Crippen LogP contribution in [0.1, 0.15) is 0 Å². The third-order valence-electron chi connectivity index (χ3n) is 4.34. The van der Waals surface area contributed by atoms with Crippen LogP contribution in [0.2, 0.25) is 0 Å². The van der Waals surface area contributed by atoms with Gasteiger partial charge in [-0.15, -0.1) is 0 Å². The number of aromatic nitrogens is 1. The average Bonchev–Trinajstić information content (AvgIpc) is 2.79. The van der Waals surface area contributed by atoms with Crippen molar-refractivity contribution in [3.8, 4) is 33.8 Å². The van der Waals surface area contributed by atoms with Crippen molar-refractivity contribution >= 4 is 0 Å². The molecule has 0 bridgehead atoms. The van der Waals surface area contributed by atoms with Gasteiger partial charge in [-0.25, -0.2) is 0 Å². The van der Waals surface area contributed by atoms with Gasteiger partial charge in [0.15, 0.2) is 0 Å². The fourth-order valence-electron chi connectivity index (χ4n) is 3.15. The lowest BCUT2D eigenvalue weighted by molar-refractivity contribution is 0.414. The maximum atomic E-state index is 13.3. The van der Waals surface area contributed by atoms with Crippen LogP contribution < -0.4 is 10.3 Å². The number of ether oxygens (including phenoxy) is 1. The zero-order valence-corrected chi connectivity index (χ0v) is 13.8. The van der Waals surface area contributed by atoms with Gasteiger partial charge in [0.2, 0.25) is 0 Å². The van der Waals surface area contributed by atoms with Crippen LogP contribution in [0.5, 0.6) is 5.75 Å². The molecule has 0 unspecified atom stereocenters. The Bertz CT molecular complexity index is 1030. The normalized spacial score (nSPS) is 10.8. The summed E-state index contributed by atoms with van der Waals surface area (Å²) in [6.45, 7) is 0. The van der Waals surface area contributed by atoms with Gasteiger partial charge in [0.25, 0.3) is 5.56 Å². The van der Waals surface area contributed by atoms with E-state index in [1.165, 1.54) is 0 Å². The van der Waals surface area contributed by atoms with Crippen LogP contribution in [0, 0.1) is 0 Å². The molecule has 0 saturated carbocycles. The topological polar surface area (TPSA) is 31.2 Å². The predicted octanol–water partition coefficient (Wildman–Crippen LogP) is 4.62. The highest BCUT2D eigenvalue weighted by Gasteiger charge is 2.21. The summed E-state index contributed by atoms with van der Waals surface area (Å²) in [6, 6.07) is 27.2. The molecule has 0 N–H and O–H groups in total. The fraction of sp³-hybridized carbons (Fsp3) is 0.0455. The number of methoxy groups -OCH3 is 1. The summed E-state index contributed by atoms with van der Waals surface area (Å²) >= 11 is 0. The smallest absolute Gasteiger partial charge is 0.264 e. The Morgan fingerprint density at radius 2 is 1.40 bits per heavy atom. The first-order chi connectivity index (χ1) is 12.3. The number of fused-ring (bicyclic) bond motifs is 1. The summed E-state index contributed by atoms with van der Waals surface area (Å²) in [5.74, 6) is 0.765. The minimum atomic E-state index is -0.0161. The molecule has 122 valence electrons. The lowest BCUT2D eigenvalue weighted by atomic mass is 10.0. The first-order valence-corrected chi connectivity index (χ1v) is 8.13. The van der Waals surface area contributed by atoms with Crippen molar-refractivity contribution in [1.82, 2.24) is 4.57 Å². The van der Waals surface area contributed by atoms with Crippen LogP contribution in [0.3, 0.4) is 0 Å². The zero-order chi connectivity index (χ0) is 17.2. The number of hydrogen-bond donors (Lipinski definition) is 0. The maximum Gasteiger partial charge on any atom is 0.264 e. The van der Waals surface area contributed by atoms with Gasteiger partial charge < -0.3 is 4.74 Å². The second kappa shape index (κ2) is 6.29. The first kappa shape index (κ1) is 15.2. The molecule has 0 fully saturated rings. The third-order valence-corrected chi connectivity index (χ3v) is 4.34. The number of nitrogens with zero attached hydrogens (tertiary/aromatic N) is 1. The van der Waals surface area contributed by atoms with E-state index in [0.29, 0.717) is 0 Å². The zero-order valence-electron chi connectivity index (χ0n) is 13.8. The van der Waals surface area contributed by atoms with Crippen molar-refractivity contribution in [3.63, 3.8) is 0 Å². The van der Waals surface area contributed by atoms with Gasteiger partial charge in [0.05, 0.1) is 18.4 Å². The van der Waals surface area contributed by atoms with Crippen LogP contribution in [0.15, 0.2) is 89.7 Å². The SMILES string of the molecule is COc1ccc(-n2c3cccccc-3c(-c3ccccc3)c2=O)cc1. The van der Waals surface area contributed by atoms with E-state index in [9.17, 15) is 4.79 Å². The molecule has 1 aliphatic heterocycles. The van der Waals surface area contributed by atoms with E-state index >= 15 is 0 Å². The Labute approximate surface area is 146 Å². The molecule has 2 aliphatic rings. The molecule has 25 heavy (non-hydrogen) atoms. The Kier molecular flexibility index (Phi) is 3.82. The number of rotatable bonds is 3. The molecule has 3 heteroatoms. The van der Waals surface area contributed by atoms with E-state index in [0.717, 1.165) is 33.8 Å². The van der Waals surface area contributed by atoms with Crippen molar-refractivity contribution < 1.29 is 4.74 Å². The Morgan fingerprint density at radius 1 is 0.760 bits per heavy atom. The van der Waals surface area contributed by atoms with E-state index in [1.54, 1.807) is 11.7 Å². The van der Waals surface area contributed by atoms with E-state index < -0.39 is 0 Å². The minimum Gasteiger partial charge on any atom is -0.497 e. The highest BCUT2D eigenvalue weighted by Crippen LogP contribution is 2.33. The van der Waals surface area contributed by atoms with Gasteiger partial charge >= 0.3 is 0 Å². The monoisotopic (exact) mass is 327 g/mol. The molecule has 3 nitrogen and oxygen atoms in total. The lowest BCUT2D eigenvalue weighted by Gasteiger charge is -2.07. The van der Waals surface area contributed by atoms with E-state index in [2.05, 4.69) is 0 Å². The molecule has 4 rings (SSSR count). The largest absolute Gasteiger partial charge is 0.497 e. The van der Waals surface area contributed by atoms with Gasteiger partial charge in [-0.2, -0.15) is 0 Å². The van der Waals surface area contributed by atoms with Gasteiger partial charge in [-0.3, -0.25) is 9.36 Å². The van der Waals surface area contributed by atoms with Crippen molar-refractivity contribution in [1.29, 1.82) is 0 Å². The van der Waals surface area contributed by atoms with Crippen molar-refractivity contribution in [2.24, 2.45) is 0 Å². The van der Waals surface area contributed by atoms with E-state index in [4.69, 9.17) is 4.74 Å².